The molecule has 0 unspecified atom stereocenters. The fourth-order valence-electron chi connectivity index (χ4n) is 9.12. The van der Waals surface area contributed by atoms with Gasteiger partial charge in [-0.1, -0.05) is 200 Å². The number of benzene rings is 8. The second kappa shape index (κ2) is 19.0. The van der Waals surface area contributed by atoms with Gasteiger partial charge in [0.15, 0.2) is 0 Å². The number of hydrogen-bond acceptors (Lipinski definition) is 2. The number of hydrogen-bond donors (Lipinski definition) is 0. The summed E-state index contributed by atoms with van der Waals surface area (Å²) in [6.45, 7) is 4.62. The first-order valence-electron chi connectivity index (χ1n) is 21.8. The molecule has 0 nitrogen and oxygen atoms in total. The van der Waals surface area contributed by atoms with E-state index in [0.29, 0.717) is 0 Å². The van der Waals surface area contributed by atoms with Gasteiger partial charge in [0.1, 0.15) is 0 Å². The third-order valence-corrected chi connectivity index (χ3v) is 14.3. The Bertz CT molecular complexity index is 2320. The van der Waals surface area contributed by atoms with Gasteiger partial charge in [0.05, 0.1) is 0 Å². The van der Waals surface area contributed by atoms with E-state index in [2.05, 4.69) is 159 Å². The lowest BCUT2D eigenvalue weighted by Gasteiger charge is -2.24. The molecule has 56 heavy (non-hydrogen) atoms. The normalized spacial score (nSPS) is 12.0. The average Bonchev–Trinajstić information content (AvgIpc) is 3.24. The molecule has 0 N–H and O–H groups in total. The van der Waals surface area contributed by atoms with E-state index in [1.807, 2.05) is 0 Å². The van der Waals surface area contributed by atoms with E-state index in [9.17, 15) is 0 Å². The molecular weight excluding hydrogens is 713 g/mol. The molecule has 8 rings (SSSR count). The predicted octanol–water partition coefficient (Wildman–Crippen LogP) is 17.9. The van der Waals surface area contributed by atoms with E-state index in [1.165, 1.54) is 187 Å². The van der Waals surface area contributed by atoms with Crippen molar-refractivity contribution in [2.75, 3.05) is 11.5 Å². The standard InChI is InChI=1S/C54H58S2/c1-3-5-7-9-11-13-21-35-55-47-37-45-46(38-48(47)56-36-22-14-12-10-8-6-4-2)52(40-27-19-16-20-28-40)54-44-32-24-30-42-34-33-41-29-23-31-43(49(41)50(42)44)53(54)51(45)39-25-17-15-18-26-39/h15-20,23-34,37-38H,3-14,21-22,35-36H2,1-2H3. The predicted molar refractivity (Wildman–Crippen MR) is 253 cm³/mol. The van der Waals surface area contributed by atoms with Crippen molar-refractivity contribution in [3.05, 3.63) is 121 Å². The minimum absolute atomic E-state index is 1.18. The minimum Gasteiger partial charge on any atom is -0.125 e. The molecule has 0 fully saturated rings. The third kappa shape index (κ3) is 8.21. The molecule has 0 aliphatic heterocycles. The van der Waals surface area contributed by atoms with Crippen LogP contribution in [0.3, 0.4) is 0 Å². The first-order valence-corrected chi connectivity index (χ1v) is 23.7. The topological polar surface area (TPSA) is 0 Å². The highest BCUT2D eigenvalue weighted by atomic mass is 32.2. The summed E-state index contributed by atoms with van der Waals surface area (Å²) >= 11 is 4.22. The number of fused-ring (bicyclic) bond motifs is 4. The van der Waals surface area contributed by atoms with Crippen LogP contribution in [0.15, 0.2) is 131 Å². The summed E-state index contributed by atoms with van der Waals surface area (Å²) in [6.07, 6.45) is 18.9. The maximum Gasteiger partial charge on any atom is 0.0215 e. The molecule has 0 saturated heterocycles. The van der Waals surface area contributed by atoms with Crippen molar-refractivity contribution in [3.8, 4) is 22.3 Å². The summed E-state index contributed by atoms with van der Waals surface area (Å²) < 4.78 is 0. The molecule has 286 valence electrons. The lowest BCUT2D eigenvalue weighted by atomic mass is 9.80. The van der Waals surface area contributed by atoms with E-state index >= 15 is 0 Å². The highest BCUT2D eigenvalue weighted by Crippen LogP contribution is 2.52. The largest absolute Gasteiger partial charge is 0.125 e. The van der Waals surface area contributed by atoms with Crippen molar-refractivity contribution in [2.45, 2.75) is 114 Å². The number of unbranched alkanes of at least 4 members (excludes halogenated alkanes) is 12. The lowest BCUT2D eigenvalue weighted by molar-refractivity contribution is 0.603. The van der Waals surface area contributed by atoms with Crippen molar-refractivity contribution in [3.63, 3.8) is 0 Å². The quantitative estimate of drug-likeness (QED) is 0.0328. The SMILES string of the molecule is CCCCCCCCCSc1cc2c(-c3ccccc3)c3c4cccc5ccc6cccc(c3c(-c3ccccc3)c2cc1SCCCCCCCCC)c6c54. The zero-order valence-electron chi connectivity index (χ0n) is 33.7. The summed E-state index contributed by atoms with van der Waals surface area (Å²) in [5, 5.41) is 13.6. The first-order chi connectivity index (χ1) is 27.8. The minimum atomic E-state index is 1.18. The lowest BCUT2D eigenvalue weighted by Crippen LogP contribution is -1.96. The fraction of sp³-hybridized carbons (Fsp3) is 0.333. The molecule has 0 radical (unpaired) electrons. The van der Waals surface area contributed by atoms with Crippen LogP contribution in [-0.4, -0.2) is 11.5 Å². The zero-order valence-corrected chi connectivity index (χ0v) is 35.3. The van der Waals surface area contributed by atoms with Gasteiger partial charge in [-0.05, 0) is 113 Å². The molecule has 8 aromatic rings. The highest BCUT2D eigenvalue weighted by molar-refractivity contribution is 8.02. The third-order valence-electron chi connectivity index (χ3n) is 11.9. The molecule has 0 heterocycles. The zero-order chi connectivity index (χ0) is 38.1. The van der Waals surface area contributed by atoms with Crippen LogP contribution in [0.1, 0.15) is 104 Å². The van der Waals surface area contributed by atoms with Gasteiger partial charge in [0.2, 0.25) is 0 Å². The molecule has 2 heteroatoms. The molecule has 0 aliphatic rings. The summed E-state index contributed by atoms with van der Waals surface area (Å²) in [7, 11) is 0. The van der Waals surface area contributed by atoms with Gasteiger partial charge in [-0.3, -0.25) is 0 Å². The number of rotatable bonds is 20. The average molecular weight is 771 g/mol. The van der Waals surface area contributed by atoms with E-state index < -0.39 is 0 Å². The molecule has 8 aromatic carbocycles. The maximum atomic E-state index is 2.62. The van der Waals surface area contributed by atoms with E-state index in [4.69, 9.17) is 0 Å². The van der Waals surface area contributed by atoms with Crippen molar-refractivity contribution >= 4 is 77.4 Å². The summed E-state index contributed by atoms with van der Waals surface area (Å²) in [5.41, 5.74) is 5.33. The summed E-state index contributed by atoms with van der Waals surface area (Å²) in [6, 6.07) is 46.4. The van der Waals surface area contributed by atoms with Crippen molar-refractivity contribution in [1.82, 2.24) is 0 Å². The van der Waals surface area contributed by atoms with Gasteiger partial charge < -0.3 is 0 Å². The van der Waals surface area contributed by atoms with Crippen LogP contribution in [-0.2, 0) is 0 Å². The first kappa shape index (κ1) is 38.9. The van der Waals surface area contributed by atoms with Gasteiger partial charge in [-0.15, -0.1) is 23.5 Å². The Morgan fingerprint density at radius 2 is 0.732 bits per heavy atom. The Labute approximate surface area is 344 Å². The highest BCUT2D eigenvalue weighted by Gasteiger charge is 2.24. The Morgan fingerprint density at radius 1 is 0.339 bits per heavy atom. The smallest absolute Gasteiger partial charge is 0.0215 e. The second-order valence-electron chi connectivity index (χ2n) is 15.9. The Hall–Kier alpha value is -3.98. The van der Waals surface area contributed by atoms with Gasteiger partial charge in [0, 0.05) is 9.79 Å². The fourth-order valence-corrected chi connectivity index (χ4v) is 11.4. The molecule has 0 saturated carbocycles. The maximum absolute atomic E-state index is 2.62. The molecule has 0 aromatic heterocycles. The summed E-state index contributed by atoms with van der Waals surface area (Å²) in [5.74, 6) is 2.35. The molecule has 0 bridgehead atoms. The van der Waals surface area contributed by atoms with Gasteiger partial charge >= 0.3 is 0 Å². The van der Waals surface area contributed by atoms with E-state index in [1.54, 1.807) is 0 Å². The second-order valence-corrected chi connectivity index (χ2v) is 18.2. The molecule has 0 aliphatic carbocycles. The monoisotopic (exact) mass is 770 g/mol. The summed E-state index contributed by atoms with van der Waals surface area (Å²) in [4.78, 5) is 2.92. The van der Waals surface area contributed by atoms with Crippen LogP contribution >= 0.6 is 23.5 Å². The Kier molecular flexibility index (Phi) is 13.2. The van der Waals surface area contributed by atoms with Crippen molar-refractivity contribution < 1.29 is 0 Å². The Morgan fingerprint density at radius 3 is 1.14 bits per heavy atom. The molecule has 0 spiro atoms. The van der Waals surface area contributed by atoms with Gasteiger partial charge in [-0.25, -0.2) is 0 Å². The Balaban J connectivity index is 1.35. The van der Waals surface area contributed by atoms with E-state index in [-0.39, 0.29) is 0 Å². The number of thioether (sulfide) groups is 2. The van der Waals surface area contributed by atoms with E-state index in [0.717, 1.165) is 0 Å². The van der Waals surface area contributed by atoms with Crippen molar-refractivity contribution in [2.24, 2.45) is 0 Å². The van der Waals surface area contributed by atoms with Crippen LogP contribution in [0.25, 0.3) is 76.1 Å². The molecule has 0 amide bonds. The van der Waals surface area contributed by atoms with Crippen LogP contribution in [0.5, 0.6) is 0 Å². The van der Waals surface area contributed by atoms with Crippen LogP contribution < -0.4 is 0 Å². The molecule has 0 atom stereocenters. The van der Waals surface area contributed by atoms with Crippen LogP contribution in [0, 0.1) is 0 Å². The van der Waals surface area contributed by atoms with Crippen molar-refractivity contribution in [1.29, 1.82) is 0 Å². The van der Waals surface area contributed by atoms with Crippen LogP contribution in [0.2, 0.25) is 0 Å². The van der Waals surface area contributed by atoms with Gasteiger partial charge in [-0.2, -0.15) is 0 Å². The van der Waals surface area contributed by atoms with Crippen LogP contribution in [0.4, 0.5) is 0 Å². The van der Waals surface area contributed by atoms with Gasteiger partial charge in [0.25, 0.3) is 0 Å². The molecular formula is C54H58S2.